The molecule has 5 rings (SSSR count). The molecule has 0 unspecified atom stereocenters. The van der Waals surface area contributed by atoms with Crippen LogP contribution in [-0.4, -0.2) is 21.2 Å². The van der Waals surface area contributed by atoms with Gasteiger partial charge in [-0.1, -0.05) is 85.4 Å². The van der Waals surface area contributed by atoms with Crippen molar-refractivity contribution in [2.24, 2.45) is 0 Å². The number of nitrogens with one attached hydrogen (secondary N) is 1. The summed E-state index contributed by atoms with van der Waals surface area (Å²) in [5.74, 6) is 0.000769. The Morgan fingerprint density at radius 1 is 0.972 bits per heavy atom. The topological polar surface area (TPSA) is 64.0 Å². The molecule has 3 aromatic carbocycles. The number of aromatic nitrogens is 2. The van der Waals surface area contributed by atoms with Crippen LogP contribution in [0.5, 0.6) is 0 Å². The number of rotatable bonds is 7. The molecule has 0 aliphatic rings. The predicted molar refractivity (Wildman–Crippen MR) is 151 cm³/mol. The first kappa shape index (κ1) is 24.0. The van der Waals surface area contributed by atoms with Crippen LogP contribution in [0.2, 0.25) is 0 Å². The largest absolute Gasteiger partial charge is 0.325 e. The highest BCUT2D eigenvalue weighted by Gasteiger charge is 2.21. The van der Waals surface area contributed by atoms with Gasteiger partial charge in [-0.2, -0.15) is 0 Å². The molecule has 0 saturated carbocycles. The highest BCUT2D eigenvalue weighted by Crippen LogP contribution is 2.37. The fraction of sp³-hybridized carbons (Fsp3) is 0.138. The summed E-state index contributed by atoms with van der Waals surface area (Å²) >= 11 is 2.78. The molecule has 0 bridgehead atoms. The lowest BCUT2D eigenvalue weighted by Gasteiger charge is -2.13. The zero-order chi connectivity index (χ0) is 25.1. The Morgan fingerprint density at radius 2 is 1.64 bits per heavy atom. The van der Waals surface area contributed by atoms with Crippen molar-refractivity contribution in [2.45, 2.75) is 25.4 Å². The first-order valence-electron chi connectivity index (χ1n) is 11.7. The fourth-order valence-corrected chi connectivity index (χ4v) is 6.16. The van der Waals surface area contributed by atoms with Crippen molar-refractivity contribution >= 4 is 44.9 Å². The maximum absolute atomic E-state index is 14.0. The van der Waals surface area contributed by atoms with E-state index in [0.29, 0.717) is 15.4 Å². The van der Waals surface area contributed by atoms with Gasteiger partial charge in [0.05, 0.1) is 16.8 Å². The molecule has 0 aliphatic carbocycles. The van der Waals surface area contributed by atoms with E-state index in [0.717, 1.165) is 39.4 Å². The molecule has 1 N–H and O–H groups in total. The second kappa shape index (κ2) is 10.5. The molecule has 0 aliphatic heterocycles. The maximum Gasteiger partial charge on any atom is 0.268 e. The van der Waals surface area contributed by atoms with Crippen molar-refractivity contribution in [3.63, 3.8) is 0 Å². The molecule has 0 radical (unpaired) electrons. The lowest BCUT2D eigenvalue weighted by molar-refractivity contribution is -0.113. The summed E-state index contributed by atoms with van der Waals surface area (Å²) in [4.78, 5) is 33.5. The number of carbonyl (C=O) groups is 1. The van der Waals surface area contributed by atoms with Crippen molar-refractivity contribution in [1.82, 2.24) is 9.55 Å². The van der Waals surface area contributed by atoms with Crippen LogP contribution in [0.25, 0.3) is 27.0 Å². The molecular weight excluding hydrogens is 486 g/mol. The number of thiophene rings is 1. The van der Waals surface area contributed by atoms with Crippen LogP contribution in [0.1, 0.15) is 17.4 Å². The van der Waals surface area contributed by atoms with Gasteiger partial charge in [0.2, 0.25) is 5.91 Å². The van der Waals surface area contributed by atoms with E-state index in [1.54, 1.807) is 4.57 Å². The normalized spacial score (nSPS) is 11.1. The van der Waals surface area contributed by atoms with E-state index in [9.17, 15) is 9.59 Å². The minimum atomic E-state index is -0.137. The monoisotopic (exact) mass is 511 g/mol. The van der Waals surface area contributed by atoms with Gasteiger partial charge >= 0.3 is 0 Å². The lowest BCUT2D eigenvalue weighted by atomic mass is 10.0. The molecule has 0 spiro atoms. The van der Waals surface area contributed by atoms with Gasteiger partial charge in [0.1, 0.15) is 4.83 Å². The molecule has 0 atom stereocenters. The molecule has 5 aromatic rings. The van der Waals surface area contributed by atoms with E-state index >= 15 is 0 Å². The van der Waals surface area contributed by atoms with E-state index in [-0.39, 0.29) is 17.2 Å². The summed E-state index contributed by atoms with van der Waals surface area (Å²) in [6.07, 6.45) is 0.830. The Labute approximate surface area is 217 Å². The Balaban J connectivity index is 1.56. The third-order valence-corrected chi connectivity index (χ3v) is 7.89. The van der Waals surface area contributed by atoms with Crippen LogP contribution in [0.4, 0.5) is 5.69 Å². The summed E-state index contributed by atoms with van der Waals surface area (Å²) < 4.78 is 1.62. The SMILES string of the molecule is CCc1ccccc1NC(=O)CSc1nc2sc(C)c(-c3ccccc3)c2c(=O)n1-c1ccccc1. The number of benzene rings is 3. The van der Waals surface area contributed by atoms with Crippen molar-refractivity contribution in [3.8, 4) is 16.8 Å². The summed E-state index contributed by atoms with van der Waals surface area (Å²) in [5.41, 5.74) is 4.40. The van der Waals surface area contributed by atoms with E-state index in [2.05, 4.69) is 12.2 Å². The molecule has 1 amide bonds. The van der Waals surface area contributed by atoms with E-state index in [1.807, 2.05) is 91.9 Å². The first-order chi connectivity index (χ1) is 17.6. The zero-order valence-corrected chi connectivity index (χ0v) is 21.7. The number of fused-ring (bicyclic) bond motifs is 1. The number of anilines is 1. The Hall–Kier alpha value is -3.68. The van der Waals surface area contributed by atoms with Gasteiger partial charge < -0.3 is 5.32 Å². The quantitative estimate of drug-likeness (QED) is 0.195. The Kier molecular flexibility index (Phi) is 7.02. The van der Waals surface area contributed by atoms with Crippen molar-refractivity contribution in [2.75, 3.05) is 11.1 Å². The molecule has 7 heteroatoms. The van der Waals surface area contributed by atoms with Crippen molar-refractivity contribution in [1.29, 1.82) is 0 Å². The molecule has 180 valence electrons. The van der Waals surface area contributed by atoms with Crippen molar-refractivity contribution in [3.05, 3.63) is 106 Å². The maximum atomic E-state index is 14.0. The van der Waals surface area contributed by atoms with Gasteiger partial charge in [0, 0.05) is 16.1 Å². The van der Waals surface area contributed by atoms with Crippen molar-refractivity contribution < 1.29 is 4.79 Å². The fourth-order valence-electron chi connectivity index (χ4n) is 4.26. The molecule has 2 heterocycles. The van der Waals surface area contributed by atoms with E-state index in [4.69, 9.17) is 4.98 Å². The lowest BCUT2D eigenvalue weighted by Crippen LogP contribution is -2.22. The number of carbonyl (C=O) groups excluding carboxylic acids is 1. The Bertz CT molecular complexity index is 1590. The van der Waals surface area contributed by atoms with Gasteiger partial charge in [0.25, 0.3) is 5.56 Å². The number of para-hydroxylation sites is 2. The third kappa shape index (κ3) is 4.72. The summed E-state index contributed by atoms with van der Waals surface area (Å²) in [5, 5.41) is 4.11. The molecule has 36 heavy (non-hydrogen) atoms. The number of hydrogen-bond donors (Lipinski definition) is 1. The average molecular weight is 512 g/mol. The molecular formula is C29H25N3O2S2. The number of aryl methyl sites for hydroxylation is 2. The summed E-state index contributed by atoms with van der Waals surface area (Å²) in [6, 6.07) is 27.2. The molecule has 0 fully saturated rings. The highest BCUT2D eigenvalue weighted by molar-refractivity contribution is 7.99. The van der Waals surface area contributed by atoms with Gasteiger partial charge in [-0.15, -0.1) is 11.3 Å². The molecule has 2 aromatic heterocycles. The standard InChI is InChI=1S/C29H25N3O2S2/c1-3-20-12-10-11-17-23(20)30-24(33)18-35-29-31-27-26(28(34)32(29)22-15-8-5-9-16-22)25(19(2)36-27)21-13-6-4-7-14-21/h4-17H,3,18H2,1-2H3,(H,30,33). The Morgan fingerprint density at radius 3 is 2.36 bits per heavy atom. The average Bonchev–Trinajstić information content (AvgIpc) is 3.24. The minimum absolute atomic E-state index is 0.131. The third-order valence-electron chi connectivity index (χ3n) is 5.95. The van der Waals surface area contributed by atoms with Crippen LogP contribution in [0.3, 0.4) is 0 Å². The van der Waals surface area contributed by atoms with Crippen LogP contribution in [0.15, 0.2) is 94.9 Å². The molecule has 0 saturated heterocycles. The van der Waals surface area contributed by atoms with Crippen LogP contribution < -0.4 is 10.9 Å². The first-order valence-corrected chi connectivity index (χ1v) is 13.5. The second-order valence-corrected chi connectivity index (χ2v) is 10.4. The predicted octanol–water partition coefficient (Wildman–Crippen LogP) is 6.72. The molecule has 5 nitrogen and oxygen atoms in total. The van der Waals surface area contributed by atoms with Gasteiger partial charge in [0.15, 0.2) is 5.16 Å². The van der Waals surface area contributed by atoms with Crippen LogP contribution in [0, 0.1) is 6.92 Å². The minimum Gasteiger partial charge on any atom is -0.325 e. The van der Waals surface area contributed by atoms with Gasteiger partial charge in [-0.05, 0) is 42.7 Å². The second-order valence-electron chi connectivity index (χ2n) is 8.30. The summed E-state index contributed by atoms with van der Waals surface area (Å²) in [6.45, 7) is 4.08. The highest BCUT2D eigenvalue weighted by atomic mass is 32.2. The van der Waals surface area contributed by atoms with Gasteiger partial charge in [-0.3, -0.25) is 14.2 Å². The van der Waals surface area contributed by atoms with E-state index < -0.39 is 0 Å². The smallest absolute Gasteiger partial charge is 0.268 e. The van der Waals surface area contributed by atoms with Gasteiger partial charge in [-0.25, -0.2) is 4.98 Å². The van der Waals surface area contributed by atoms with Crippen LogP contribution in [-0.2, 0) is 11.2 Å². The van der Waals surface area contributed by atoms with Crippen LogP contribution >= 0.6 is 23.1 Å². The number of amides is 1. The van der Waals surface area contributed by atoms with E-state index in [1.165, 1.54) is 23.1 Å². The number of hydrogen-bond acceptors (Lipinski definition) is 5. The number of nitrogens with zero attached hydrogens (tertiary/aromatic N) is 2. The zero-order valence-electron chi connectivity index (χ0n) is 20.0. The summed E-state index contributed by atoms with van der Waals surface area (Å²) in [7, 11) is 0. The number of thioether (sulfide) groups is 1.